The number of allylic oxidation sites excluding steroid dienone is 7. The molecule has 13 nitrogen and oxygen atoms in total. The topological polar surface area (TPSA) is 205 Å². The van der Waals surface area contributed by atoms with Crippen molar-refractivity contribution in [2.24, 2.45) is 41.4 Å². The van der Waals surface area contributed by atoms with E-state index in [9.17, 15) is 40.5 Å². The van der Waals surface area contributed by atoms with Gasteiger partial charge in [-0.2, -0.15) is 0 Å². The Hall–Kier alpha value is -2.27. The normalized spacial score (nSPS) is 41.6. The minimum absolute atomic E-state index is 0.0880. The van der Waals surface area contributed by atoms with Crippen molar-refractivity contribution in [1.29, 1.82) is 0 Å². The molecule has 2 aliphatic heterocycles. The van der Waals surface area contributed by atoms with Gasteiger partial charge in [-0.3, -0.25) is 4.79 Å². The third kappa shape index (κ3) is 12.7. The van der Waals surface area contributed by atoms with E-state index < -0.39 is 90.9 Å². The van der Waals surface area contributed by atoms with Crippen LogP contribution in [0.2, 0.25) is 0 Å². The van der Waals surface area contributed by atoms with Crippen molar-refractivity contribution in [3.05, 3.63) is 59.4 Å². The van der Waals surface area contributed by atoms with E-state index in [2.05, 4.69) is 0 Å². The number of methoxy groups -OCH3 is 2. The van der Waals surface area contributed by atoms with Crippen LogP contribution in [0.1, 0.15) is 94.9 Å². The molecule has 13 heteroatoms. The zero-order valence-electron chi connectivity index (χ0n) is 37.3. The molecule has 0 bridgehead atoms. The van der Waals surface area contributed by atoms with Crippen LogP contribution in [0.25, 0.3) is 0 Å². The first kappa shape index (κ1) is 51.1. The van der Waals surface area contributed by atoms with Gasteiger partial charge in [0.05, 0.1) is 49.8 Å². The molecule has 7 N–H and O–H groups in total. The van der Waals surface area contributed by atoms with Gasteiger partial charge in [0.15, 0.2) is 23.6 Å². The Kier molecular flexibility index (Phi) is 19.7. The molecule has 0 aromatic heterocycles. The molecule has 2 fully saturated rings. The molecule has 2 saturated heterocycles. The van der Waals surface area contributed by atoms with E-state index in [1.807, 2.05) is 72.8 Å². The second-order valence-electron chi connectivity index (χ2n) is 17.6. The van der Waals surface area contributed by atoms with Crippen LogP contribution >= 0.6 is 0 Å². The number of ketones is 1. The van der Waals surface area contributed by atoms with Crippen molar-refractivity contribution in [2.45, 2.75) is 168 Å². The van der Waals surface area contributed by atoms with Crippen LogP contribution in [-0.2, 0) is 28.5 Å². The van der Waals surface area contributed by atoms with Gasteiger partial charge in [0, 0.05) is 49.5 Å². The van der Waals surface area contributed by atoms with Crippen molar-refractivity contribution in [1.82, 2.24) is 0 Å². The van der Waals surface area contributed by atoms with Gasteiger partial charge in [-0.1, -0.05) is 89.1 Å². The van der Waals surface area contributed by atoms with Gasteiger partial charge < -0.3 is 59.4 Å². The highest BCUT2D eigenvalue weighted by Gasteiger charge is 2.53. The lowest BCUT2D eigenvalue weighted by Crippen LogP contribution is -2.61. The van der Waals surface area contributed by atoms with E-state index in [1.165, 1.54) is 14.2 Å². The third-order valence-electron chi connectivity index (χ3n) is 13.2. The van der Waals surface area contributed by atoms with Crippen LogP contribution in [0.4, 0.5) is 0 Å². The molecule has 59 heavy (non-hydrogen) atoms. The van der Waals surface area contributed by atoms with Crippen molar-refractivity contribution in [2.75, 3.05) is 14.2 Å². The maximum Gasteiger partial charge on any atom is 0.197 e. The molecule has 1 aliphatic carbocycles. The average molecular weight is 837 g/mol. The summed E-state index contributed by atoms with van der Waals surface area (Å²) in [6, 6.07) is 0. The number of carbonyl (C=O) groups excluding carboxylic acids is 1. The van der Waals surface area contributed by atoms with Crippen LogP contribution in [0, 0.1) is 41.4 Å². The largest absolute Gasteiger partial charge is 0.493 e. The van der Waals surface area contributed by atoms with Gasteiger partial charge in [-0.25, -0.2) is 0 Å². The molecule has 0 amide bonds. The monoisotopic (exact) mass is 837 g/mol. The number of Topliss-reactive ketones (excluding diaryl/α,β-unsaturated/α-hetero) is 1. The molecular formula is C46H76O13. The van der Waals surface area contributed by atoms with Gasteiger partial charge in [0.1, 0.15) is 18.3 Å². The molecule has 19 atom stereocenters. The van der Waals surface area contributed by atoms with Gasteiger partial charge >= 0.3 is 0 Å². The lowest BCUT2D eigenvalue weighted by atomic mass is 9.73. The van der Waals surface area contributed by atoms with Gasteiger partial charge in [0.25, 0.3) is 0 Å². The first-order valence-electron chi connectivity index (χ1n) is 21.4. The molecule has 338 valence electrons. The summed E-state index contributed by atoms with van der Waals surface area (Å²) in [6.45, 7) is 18.3. The lowest BCUT2D eigenvalue weighted by molar-refractivity contribution is -0.352. The van der Waals surface area contributed by atoms with Gasteiger partial charge in [0.2, 0.25) is 0 Å². The Bertz CT molecular complexity index is 1490. The molecule has 0 radical (unpaired) electrons. The number of ether oxygens (including phenoxy) is 5. The summed E-state index contributed by atoms with van der Waals surface area (Å²) in [5, 5.41) is 78.7. The SMILES string of the molecule is CC=CC1OC(O)(C(C)C(O)C(C)C2CC(=O)C(OC)=CC(C)=CC(C)C(O)C(CC)C(O)C(C)CC(C)=CC=CC2OC)CC(OC2OC(C)C(O)C(O)C2O)C1C. The molecule has 3 aliphatic rings. The summed E-state index contributed by atoms with van der Waals surface area (Å²) in [7, 11) is 2.95. The Morgan fingerprint density at radius 3 is 2.22 bits per heavy atom. The molecule has 0 aromatic rings. The molecular weight excluding hydrogens is 760 g/mol. The van der Waals surface area contributed by atoms with Crippen molar-refractivity contribution >= 4 is 5.78 Å². The quantitative estimate of drug-likeness (QED) is 0.152. The number of hydrogen-bond acceptors (Lipinski definition) is 13. The van der Waals surface area contributed by atoms with Crippen LogP contribution in [0.3, 0.4) is 0 Å². The Morgan fingerprint density at radius 1 is 0.966 bits per heavy atom. The molecule has 2 heterocycles. The molecule has 0 spiro atoms. The number of aliphatic hydroxyl groups is 7. The molecule has 0 saturated carbocycles. The fourth-order valence-corrected chi connectivity index (χ4v) is 9.08. The summed E-state index contributed by atoms with van der Waals surface area (Å²) < 4.78 is 30.0. The second-order valence-corrected chi connectivity index (χ2v) is 17.6. The number of hydrogen-bond donors (Lipinski definition) is 7. The lowest BCUT2D eigenvalue weighted by Gasteiger charge is -2.50. The maximum atomic E-state index is 14.1. The summed E-state index contributed by atoms with van der Waals surface area (Å²) in [6.07, 6.45) is 2.21. The first-order valence-corrected chi connectivity index (χ1v) is 21.4. The Morgan fingerprint density at radius 2 is 1.63 bits per heavy atom. The summed E-state index contributed by atoms with van der Waals surface area (Å²) >= 11 is 0. The standard InChI is InChI=1S/C46H76O13/c1-13-16-35-29(8)38(58-45-44(53)43(52)42(51)31(10)57-45)23-46(54,59-35)30(9)41(50)28(7)33-22-34(47)37(56-12)21-25(4)20-27(6)40(49)32(14-2)39(48)26(5)19-24(3)17-15-18-36(33)55-11/h13,15-18,20-21,26-33,35-36,38-45,48-54H,14,19,22-23H2,1-12H3. The summed E-state index contributed by atoms with van der Waals surface area (Å²) in [5.74, 6) is -5.63. The number of carbonyl (C=O) groups is 1. The van der Waals surface area contributed by atoms with Crippen molar-refractivity contribution in [3.8, 4) is 0 Å². The highest BCUT2D eigenvalue weighted by molar-refractivity contribution is 5.94. The molecule has 3 rings (SSSR count). The second kappa shape index (κ2) is 22.7. The molecule has 0 aromatic carbocycles. The minimum atomic E-state index is -1.96. The van der Waals surface area contributed by atoms with Crippen LogP contribution < -0.4 is 0 Å². The van der Waals surface area contributed by atoms with E-state index >= 15 is 0 Å². The summed E-state index contributed by atoms with van der Waals surface area (Å²) in [4.78, 5) is 14.1. The maximum absolute atomic E-state index is 14.1. The highest BCUT2D eigenvalue weighted by Crippen LogP contribution is 2.43. The highest BCUT2D eigenvalue weighted by atomic mass is 16.7. The zero-order valence-corrected chi connectivity index (χ0v) is 37.3. The Labute approximate surface area is 352 Å². The smallest absolute Gasteiger partial charge is 0.197 e. The van der Waals surface area contributed by atoms with Gasteiger partial charge in [-0.15, -0.1) is 0 Å². The molecule has 19 unspecified atom stereocenters. The van der Waals surface area contributed by atoms with E-state index in [0.29, 0.717) is 18.4 Å². The summed E-state index contributed by atoms with van der Waals surface area (Å²) in [5.41, 5.74) is 1.70. The fourth-order valence-electron chi connectivity index (χ4n) is 9.08. The third-order valence-corrected chi connectivity index (χ3v) is 13.2. The van der Waals surface area contributed by atoms with E-state index in [1.54, 1.807) is 39.0 Å². The first-order chi connectivity index (χ1) is 27.6. The van der Waals surface area contributed by atoms with Crippen molar-refractivity contribution in [3.63, 3.8) is 0 Å². The fraction of sp³-hybridized carbons (Fsp3) is 0.761. The number of aliphatic hydroxyl groups excluding tert-OH is 6. The van der Waals surface area contributed by atoms with Crippen LogP contribution in [-0.4, -0.2) is 129 Å². The van der Waals surface area contributed by atoms with E-state index in [0.717, 1.165) is 5.57 Å². The zero-order chi connectivity index (χ0) is 44.5. The van der Waals surface area contributed by atoms with E-state index in [-0.39, 0.29) is 48.1 Å². The van der Waals surface area contributed by atoms with Crippen LogP contribution in [0.5, 0.6) is 0 Å². The van der Waals surface area contributed by atoms with Crippen LogP contribution in [0.15, 0.2) is 59.4 Å². The van der Waals surface area contributed by atoms with E-state index in [4.69, 9.17) is 23.7 Å². The minimum Gasteiger partial charge on any atom is -0.493 e. The Balaban J connectivity index is 2.03. The predicted molar refractivity (Wildman–Crippen MR) is 224 cm³/mol. The average Bonchev–Trinajstić information content (AvgIpc) is 3.19. The van der Waals surface area contributed by atoms with Crippen molar-refractivity contribution < 1.29 is 64.2 Å². The predicted octanol–water partition coefficient (Wildman–Crippen LogP) is 4.52. The van der Waals surface area contributed by atoms with Gasteiger partial charge in [-0.05, 0) is 58.4 Å². The number of rotatable bonds is 10.